The summed E-state index contributed by atoms with van der Waals surface area (Å²) in [6, 6.07) is 8.37. The molecule has 0 aliphatic rings. The van der Waals surface area contributed by atoms with Crippen LogP contribution in [0.25, 0.3) is 11.0 Å². The van der Waals surface area contributed by atoms with Gasteiger partial charge >= 0.3 is 0 Å². The molecule has 2 N–H and O–H groups in total. The molecule has 0 unspecified atom stereocenters. The van der Waals surface area contributed by atoms with Gasteiger partial charge in [0.05, 0.1) is 11.1 Å². The van der Waals surface area contributed by atoms with Crippen LogP contribution in [0.5, 0.6) is 0 Å². The lowest BCUT2D eigenvalue weighted by Gasteiger charge is -2.20. The van der Waals surface area contributed by atoms with Crippen LogP contribution in [0.2, 0.25) is 0 Å². The van der Waals surface area contributed by atoms with Crippen molar-refractivity contribution < 1.29 is 0 Å². The van der Waals surface area contributed by atoms with Crippen molar-refractivity contribution in [3.05, 3.63) is 23.8 Å². The first-order chi connectivity index (χ1) is 10.0. The van der Waals surface area contributed by atoms with Crippen LogP contribution >= 0.6 is 0 Å². The summed E-state index contributed by atoms with van der Waals surface area (Å²) in [5.74, 6) is 0.491. The smallest absolute Gasteiger partial charge is 0.201 e. The number of nitrogen functional groups attached to an aromatic ring is 1. The molecule has 0 fully saturated rings. The monoisotopic (exact) mass is 285 g/mol. The number of nitrogens with two attached hydrogens (primary N) is 1. The van der Waals surface area contributed by atoms with E-state index in [4.69, 9.17) is 11.0 Å². The highest BCUT2D eigenvalue weighted by Gasteiger charge is 2.11. The van der Waals surface area contributed by atoms with Crippen molar-refractivity contribution in [3.8, 4) is 6.07 Å². The zero-order valence-electron chi connectivity index (χ0n) is 13.0. The van der Waals surface area contributed by atoms with Crippen LogP contribution in [0.15, 0.2) is 18.2 Å². The summed E-state index contributed by atoms with van der Waals surface area (Å²) in [7, 11) is 2.14. The molecule has 2 rings (SSSR count). The fourth-order valence-corrected chi connectivity index (χ4v) is 2.38. The van der Waals surface area contributed by atoms with Gasteiger partial charge in [-0.1, -0.05) is 6.07 Å². The number of hydrogen-bond acceptors (Lipinski definition) is 4. The topological polar surface area (TPSA) is 70.9 Å². The number of unbranched alkanes of at least 4 members (excludes halogenated alkanes) is 1. The minimum Gasteiger partial charge on any atom is -0.369 e. The van der Waals surface area contributed by atoms with Gasteiger partial charge in [-0.05, 0) is 52.4 Å². The predicted molar refractivity (Wildman–Crippen MR) is 85.9 cm³/mol. The van der Waals surface area contributed by atoms with Crippen molar-refractivity contribution in [1.82, 2.24) is 14.5 Å². The summed E-state index contributed by atoms with van der Waals surface area (Å²) in [5, 5.41) is 9.12. The van der Waals surface area contributed by atoms with Gasteiger partial charge in [-0.15, -0.1) is 0 Å². The highest BCUT2D eigenvalue weighted by molar-refractivity contribution is 5.83. The zero-order valence-corrected chi connectivity index (χ0v) is 13.0. The number of aryl methyl sites for hydroxylation is 1. The average molecular weight is 285 g/mol. The van der Waals surface area contributed by atoms with Crippen molar-refractivity contribution in [2.24, 2.45) is 0 Å². The highest BCUT2D eigenvalue weighted by Crippen LogP contribution is 2.21. The average Bonchev–Trinajstić information content (AvgIpc) is 2.78. The molecule has 112 valence electrons. The normalized spacial score (nSPS) is 11.4. The third-order valence-electron chi connectivity index (χ3n) is 3.95. The highest BCUT2D eigenvalue weighted by atomic mass is 15.2. The summed E-state index contributed by atoms with van der Waals surface area (Å²) in [4.78, 5) is 6.67. The molecule has 5 heteroatoms. The van der Waals surface area contributed by atoms with Crippen molar-refractivity contribution in [2.45, 2.75) is 39.3 Å². The van der Waals surface area contributed by atoms with Crippen LogP contribution in [0.3, 0.4) is 0 Å². The van der Waals surface area contributed by atoms with Crippen LogP contribution in [0.1, 0.15) is 32.3 Å². The van der Waals surface area contributed by atoms with E-state index in [-0.39, 0.29) is 0 Å². The molecule has 2 aromatic rings. The molecule has 1 heterocycles. The first kappa shape index (κ1) is 15.3. The maximum atomic E-state index is 9.12. The minimum absolute atomic E-state index is 0.491. The van der Waals surface area contributed by atoms with E-state index >= 15 is 0 Å². The van der Waals surface area contributed by atoms with Gasteiger partial charge in [0.15, 0.2) is 0 Å². The Balaban J connectivity index is 2.06. The molecule has 0 aliphatic carbocycles. The molecule has 0 saturated heterocycles. The Bertz CT molecular complexity index is 650. The van der Waals surface area contributed by atoms with Gasteiger partial charge in [-0.3, -0.25) is 0 Å². The second-order valence-corrected chi connectivity index (χ2v) is 5.69. The minimum atomic E-state index is 0.491. The molecule has 0 bridgehead atoms. The Morgan fingerprint density at radius 3 is 2.81 bits per heavy atom. The first-order valence-electron chi connectivity index (χ1n) is 7.39. The third-order valence-corrected chi connectivity index (χ3v) is 3.95. The number of fused-ring (bicyclic) bond motifs is 1. The quantitative estimate of drug-likeness (QED) is 0.828. The molecule has 0 atom stereocenters. The molecule has 0 spiro atoms. The Kier molecular flexibility index (Phi) is 4.81. The molecule has 1 aromatic heterocycles. The maximum Gasteiger partial charge on any atom is 0.201 e. The molecular formula is C16H23N5. The van der Waals surface area contributed by atoms with Crippen molar-refractivity contribution in [3.63, 3.8) is 0 Å². The van der Waals surface area contributed by atoms with Crippen molar-refractivity contribution in [2.75, 3.05) is 19.3 Å². The number of imidazole rings is 1. The van der Waals surface area contributed by atoms with E-state index in [0.29, 0.717) is 23.1 Å². The zero-order chi connectivity index (χ0) is 15.4. The van der Waals surface area contributed by atoms with Crippen molar-refractivity contribution >= 4 is 17.0 Å². The summed E-state index contributed by atoms with van der Waals surface area (Å²) in [6.07, 6.45) is 2.16. The second kappa shape index (κ2) is 6.59. The lowest BCUT2D eigenvalue weighted by Crippen LogP contribution is -2.27. The fraction of sp³-hybridized carbons (Fsp3) is 0.500. The lowest BCUT2D eigenvalue weighted by atomic mass is 10.2. The Hall–Kier alpha value is -2.06. The number of nitriles is 1. The third kappa shape index (κ3) is 3.34. The first-order valence-corrected chi connectivity index (χ1v) is 7.39. The summed E-state index contributed by atoms with van der Waals surface area (Å²) >= 11 is 0. The van der Waals surface area contributed by atoms with Gasteiger partial charge < -0.3 is 15.2 Å². The van der Waals surface area contributed by atoms with Gasteiger partial charge in [0.25, 0.3) is 0 Å². The molecule has 0 radical (unpaired) electrons. The van der Waals surface area contributed by atoms with Gasteiger partial charge in [0, 0.05) is 12.6 Å². The number of hydrogen-bond donors (Lipinski definition) is 1. The summed E-state index contributed by atoms with van der Waals surface area (Å²) < 4.78 is 2.01. The van der Waals surface area contributed by atoms with E-state index in [0.717, 1.165) is 31.4 Å². The van der Waals surface area contributed by atoms with Crippen LogP contribution < -0.4 is 5.73 Å². The van der Waals surface area contributed by atoms with Crippen molar-refractivity contribution in [1.29, 1.82) is 5.26 Å². The lowest BCUT2D eigenvalue weighted by molar-refractivity contribution is 0.266. The fourth-order valence-electron chi connectivity index (χ4n) is 2.38. The van der Waals surface area contributed by atoms with Gasteiger partial charge in [-0.25, -0.2) is 4.98 Å². The van der Waals surface area contributed by atoms with Crippen LogP contribution in [-0.2, 0) is 6.54 Å². The van der Waals surface area contributed by atoms with Gasteiger partial charge in [0.2, 0.25) is 5.95 Å². The van der Waals surface area contributed by atoms with Crippen LogP contribution in [-0.4, -0.2) is 34.1 Å². The van der Waals surface area contributed by atoms with Gasteiger partial charge in [0.1, 0.15) is 11.6 Å². The Morgan fingerprint density at radius 2 is 2.14 bits per heavy atom. The number of anilines is 1. The number of nitrogens with zero attached hydrogens (tertiary/aromatic N) is 4. The molecule has 0 aliphatic heterocycles. The number of benzene rings is 1. The number of rotatable bonds is 6. The summed E-state index contributed by atoms with van der Waals surface area (Å²) in [6.45, 7) is 6.31. The van der Waals surface area contributed by atoms with E-state index < -0.39 is 0 Å². The SMILES string of the molecule is CC(C)N(C)CCCCn1c(N)nc2c(C#N)cccc21. The summed E-state index contributed by atoms with van der Waals surface area (Å²) in [5.41, 5.74) is 8.23. The molecule has 0 amide bonds. The molecule has 5 nitrogen and oxygen atoms in total. The molecule has 1 aromatic carbocycles. The Morgan fingerprint density at radius 1 is 1.38 bits per heavy atom. The van der Waals surface area contributed by atoms with E-state index in [1.807, 2.05) is 16.7 Å². The second-order valence-electron chi connectivity index (χ2n) is 5.69. The van der Waals surface area contributed by atoms with Gasteiger partial charge in [-0.2, -0.15) is 5.26 Å². The molecule has 0 saturated carbocycles. The van der Waals surface area contributed by atoms with E-state index in [9.17, 15) is 0 Å². The molecule has 21 heavy (non-hydrogen) atoms. The molecular weight excluding hydrogens is 262 g/mol. The maximum absolute atomic E-state index is 9.12. The standard InChI is InChI=1S/C16H23N5/c1-12(2)20(3)9-4-5-10-21-14-8-6-7-13(11-17)15(14)19-16(21)18/h6-8,12H,4-5,9-10H2,1-3H3,(H2,18,19). The van der Waals surface area contributed by atoms with E-state index in [2.05, 4.69) is 36.8 Å². The number of aromatic nitrogens is 2. The predicted octanol–water partition coefficient (Wildman–Crippen LogP) is 2.61. The van der Waals surface area contributed by atoms with Crippen LogP contribution in [0.4, 0.5) is 5.95 Å². The van der Waals surface area contributed by atoms with E-state index in [1.165, 1.54) is 0 Å². The van der Waals surface area contributed by atoms with Crippen LogP contribution in [0, 0.1) is 11.3 Å². The van der Waals surface area contributed by atoms with E-state index in [1.54, 1.807) is 6.07 Å². The largest absolute Gasteiger partial charge is 0.369 e. The Labute approximate surface area is 126 Å². The number of para-hydroxylation sites is 1.